The van der Waals surface area contributed by atoms with Gasteiger partial charge in [0, 0.05) is 37.1 Å². The van der Waals surface area contributed by atoms with E-state index >= 15 is 0 Å². The molecule has 3 nitrogen and oxygen atoms in total. The van der Waals surface area contributed by atoms with E-state index < -0.39 is 0 Å². The molecule has 1 aromatic heterocycles. The van der Waals surface area contributed by atoms with Gasteiger partial charge in [-0.1, -0.05) is 29.8 Å². The van der Waals surface area contributed by atoms with Crippen molar-refractivity contribution in [1.29, 1.82) is 0 Å². The Kier molecular flexibility index (Phi) is 4.91. The van der Waals surface area contributed by atoms with E-state index in [9.17, 15) is 4.79 Å². The number of aryl methyl sites for hydroxylation is 1. The van der Waals surface area contributed by atoms with E-state index in [1.165, 1.54) is 24.1 Å². The third-order valence-electron chi connectivity index (χ3n) is 5.61. The Morgan fingerprint density at radius 3 is 2.84 bits per heavy atom. The minimum Gasteiger partial charge on any atom is -0.342 e. The molecule has 0 saturated carbocycles. The van der Waals surface area contributed by atoms with Crippen molar-refractivity contribution in [2.75, 3.05) is 19.6 Å². The number of carbonyl (C=O) groups excluding carboxylic acids is 1. The van der Waals surface area contributed by atoms with Crippen LogP contribution in [0.2, 0.25) is 0 Å². The van der Waals surface area contributed by atoms with Crippen LogP contribution in [0.1, 0.15) is 34.4 Å². The highest BCUT2D eigenvalue weighted by atomic mass is 32.1. The largest absolute Gasteiger partial charge is 0.342 e. The summed E-state index contributed by atoms with van der Waals surface area (Å²) in [4.78, 5) is 18.9. The summed E-state index contributed by atoms with van der Waals surface area (Å²) >= 11 is 1.90. The fourth-order valence-corrected chi connectivity index (χ4v) is 5.06. The van der Waals surface area contributed by atoms with Gasteiger partial charge in [-0.25, -0.2) is 0 Å². The Morgan fingerprint density at radius 1 is 1.20 bits per heavy atom. The summed E-state index contributed by atoms with van der Waals surface area (Å²) in [6.07, 6.45) is 3.95. The number of likely N-dealkylation sites (tertiary alicyclic amines) is 1. The van der Waals surface area contributed by atoms with Crippen LogP contribution in [0, 0.1) is 6.92 Å². The van der Waals surface area contributed by atoms with Crippen LogP contribution in [0.5, 0.6) is 0 Å². The molecular weight excluding hydrogens is 328 g/mol. The molecule has 25 heavy (non-hydrogen) atoms. The summed E-state index contributed by atoms with van der Waals surface area (Å²) in [5.41, 5.74) is 3.88. The smallest absolute Gasteiger partial charge is 0.226 e. The third-order valence-corrected chi connectivity index (χ3v) is 6.63. The molecule has 0 radical (unpaired) electrons. The van der Waals surface area contributed by atoms with Gasteiger partial charge in [-0.15, -0.1) is 11.3 Å². The summed E-state index contributed by atoms with van der Waals surface area (Å²) in [5, 5.41) is 2.22. The topological polar surface area (TPSA) is 23.6 Å². The first kappa shape index (κ1) is 16.8. The van der Waals surface area contributed by atoms with Crippen molar-refractivity contribution in [1.82, 2.24) is 9.80 Å². The number of carbonyl (C=O) groups is 1. The lowest BCUT2D eigenvalue weighted by Gasteiger charge is -2.40. The maximum absolute atomic E-state index is 12.6. The van der Waals surface area contributed by atoms with E-state index in [0.717, 1.165) is 38.0 Å². The van der Waals surface area contributed by atoms with Crippen LogP contribution in [-0.4, -0.2) is 41.4 Å². The van der Waals surface area contributed by atoms with Gasteiger partial charge < -0.3 is 4.90 Å². The number of rotatable bonds is 3. The van der Waals surface area contributed by atoms with Gasteiger partial charge in [-0.3, -0.25) is 9.69 Å². The average molecular weight is 355 g/mol. The number of benzene rings is 1. The van der Waals surface area contributed by atoms with E-state index in [1.807, 2.05) is 17.4 Å². The number of nitrogens with zero attached hydrogens (tertiary/aromatic N) is 2. The minimum absolute atomic E-state index is 0.280. The Hall–Kier alpha value is -1.65. The second kappa shape index (κ2) is 7.30. The van der Waals surface area contributed by atoms with Crippen LogP contribution in [0.25, 0.3) is 0 Å². The van der Waals surface area contributed by atoms with Crippen molar-refractivity contribution in [2.45, 2.75) is 45.2 Å². The second-order valence-corrected chi connectivity index (χ2v) is 8.37. The first-order valence-corrected chi connectivity index (χ1v) is 10.2. The van der Waals surface area contributed by atoms with Crippen molar-refractivity contribution in [3.05, 3.63) is 57.3 Å². The molecule has 0 bridgehead atoms. The summed E-state index contributed by atoms with van der Waals surface area (Å²) < 4.78 is 0. The van der Waals surface area contributed by atoms with Gasteiger partial charge in [-0.05, 0) is 48.8 Å². The highest BCUT2D eigenvalue weighted by Crippen LogP contribution is 2.28. The minimum atomic E-state index is 0.280. The zero-order valence-electron chi connectivity index (χ0n) is 14.9. The molecule has 0 spiro atoms. The fourth-order valence-electron chi connectivity index (χ4n) is 4.17. The molecule has 1 aromatic carbocycles. The predicted molar refractivity (Wildman–Crippen MR) is 103 cm³/mol. The van der Waals surface area contributed by atoms with Crippen molar-refractivity contribution < 1.29 is 4.79 Å². The molecule has 0 aliphatic carbocycles. The molecule has 2 aliphatic heterocycles. The van der Waals surface area contributed by atoms with E-state index in [2.05, 4.69) is 46.4 Å². The molecule has 0 atom stereocenters. The highest BCUT2D eigenvalue weighted by molar-refractivity contribution is 7.10. The van der Waals surface area contributed by atoms with E-state index in [-0.39, 0.29) is 5.91 Å². The van der Waals surface area contributed by atoms with Gasteiger partial charge in [0.05, 0.1) is 6.42 Å². The molecule has 0 unspecified atom stereocenters. The molecule has 3 heterocycles. The highest BCUT2D eigenvalue weighted by Gasteiger charge is 2.29. The standard InChI is InChI=1S/C21H26N2OS/c1-16-3-2-4-17(13-16)14-21(24)22-9-5-19(6-10-22)23-11-7-20-18(15-23)8-12-25-20/h2-4,8,12-13,19H,5-7,9-11,14-15H2,1H3. The molecule has 1 saturated heterocycles. The average Bonchev–Trinajstić information content (AvgIpc) is 3.09. The Morgan fingerprint density at radius 2 is 2.04 bits per heavy atom. The summed E-state index contributed by atoms with van der Waals surface area (Å²) in [6, 6.07) is 11.2. The first-order chi connectivity index (χ1) is 12.2. The Labute approximate surface area is 154 Å². The van der Waals surface area contributed by atoms with E-state index in [0.29, 0.717) is 12.5 Å². The van der Waals surface area contributed by atoms with Gasteiger partial charge in [-0.2, -0.15) is 0 Å². The monoisotopic (exact) mass is 354 g/mol. The number of piperidine rings is 1. The molecule has 1 amide bonds. The molecule has 0 N–H and O–H groups in total. The van der Waals surface area contributed by atoms with Crippen molar-refractivity contribution in [3.8, 4) is 0 Å². The normalized spacial score (nSPS) is 19.0. The lowest BCUT2D eigenvalue weighted by atomic mass is 9.99. The predicted octanol–water partition coefficient (Wildman–Crippen LogP) is 3.65. The maximum Gasteiger partial charge on any atom is 0.226 e. The Balaban J connectivity index is 1.30. The molecule has 4 rings (SSSR count). The Bertz CT molecular complexity index is 746. The molecule has 4 heteroatoms. The third kappa shape index (κ3) is 3.80. The maximum atomic E-state index is 12.6. The number of hydrogen-bond acceptors (Lipinski definition) is 3. The first-order valence-electron chi connectivity index (χ1n) is 9.31. The van der Waals surface area contributed by atoms with Gasteiger partial charge in [0.1, 0.15) is 0 Å². The zero-order chi connectivity index (χ0) is 17.2. The summed E-state index contributed by atoms with van der Waals surface area (Å²) in [7, 11) is 0. The lowest BCUT2D eigenvalue weighted by molar-refractivity contribution is -0.132. The zero-order valence-corrected chi connectivity index (χ0v) is 15.7. The SMILES string of the molecule is Cc1cccc(CC(=O)N2CCC(N3CCc4sccc4C3)CC2)c1. The molecule has 132 valence electrons. The van der Waals surface area contributed by atoms with Gasteiger partial charge in [0.25, 0.3) is 0 Å². The summed E-state index contributed by atoms with van der Waals surface area (Å²) in [5.74, 6) is 0.280. The number of hydrogen-bond donors (Lipinski definition) is 0. The van der Waals surface area contributed by atoms with Gasteiger partial charge in [0.15, 0.2) is 0 Å². The molecule has 2 aliphatic rings. The van der Waals surface area contributed by atoms with Crippen molar-refractivity contribution >= 4 is 17.2 Å². The fraction of sp³-hybridized carbons (Fsp3) is 0.476. The summed E-state index contributed by atoms with van der Waals surface area (Å²) in [6.45, 7) is 6.16. The van der Waals surface area contributed by atoms with Crippen LogP contribution >= 0.6 is 11.3 Å². The van der Waals surface area contributed by atoms with E-state index in [1.54, 1.807) is 4.88 Å². The quantitative estimate of drug-likeness (QED) is 0.840. The number of thiophene rings is 1. The van der Waals surface area contributed by atoms with Gasteiger partial charge >= 0.3 is 0 Å². The number of fused-ring (bicyclic) bond motifs is 1. The van der Waals surface area contributed by atoms with Crippen molar-refractivity contribution in [2.24, 2.45) is 0 Å². The van der Waals surface area contributed by atoms with Crippen LogP contribution in [0.3, 0.4) is 0 Å². The molecule has 2 aromatic rings. The van der Waals surface area contributed by atoms with Crippen LogP contribution in [0.15, 0.2) is 35.7 Å². The molecular formula is C21H26N2OS. The van der Waals surface area contributed by atoms with Gasteiger partial charge in [0.2, 0.25) is 5.91 Å². The van der Waals surface area contributed by atoms with E-state index in [4.69, 9.17) is 0 Å². The van der Waals surface area contributed by atoms with Crippen LogP contribution in [-0.2, 0) is 24.2 Å². The second-order valence-electron chi connectivity index (χ2n) is 7.37. The van der Waals surface area contributed by atoms with Crippen molar-refractivity contribution in [3.63, 3.8) is 0 Å². The molecule has 1 fully saturated rings. The van der Waals surface area contributed by atoms with Crippen LogP contribution < -0.4 is 0 Å². The van der Waals surface area contributed by atoms with Crippen LogP contribution in [0.4, 0.5) is 0 Å². The lowest BCUT2D eigenvalue weighted by Crippen LogP contribution is -2.48. The number of amides is 1.